The maximum Gasteiger partial charge on any atom is 0.117 e. The summed E-state index contributed by atoms with van der Waals surface area (Å²) in [5.74, 6) is 0. The monoisotopic (exact) mass is 246 g/mol. The lowest BCUT2D eigenvalue weighted by Crippen LogP contribution is -2.68. The average Bonchev–Trinajstić information content (AvgIpc) is 1.89. The molecule has 4 saturated carbocycles. The minimum Gasteiger partial charge on any atom is -0.244 e. The summed E-state index contributed by atoms with van der Waals surface area (Å²) in [6.07, 6.45) is 0.805. The van der Waals surface area contributed by atoms with E-state index >= 15 is 0 Å². The highest BCUT2D eigenvalue weighted by Gasteiger charge is 2.72. The van der Waals surface area contributed by atoms with Crippen LogP contribution in [0.3, 0.4) is 0 Å². The second kappa shape index (κ2) is 2.70. The maximum absolute atomic E-state index is 14.7. The quantitative estimate of drug-likeness (QED) is 0.589. The Balaban J connectivity index is 2.10. The van der Waals surface area contributed by atoms with Crippen molar-refractivity contribution in [1.29, 1.82) is 0 Å². The van der Waals surface area contributed by atoms with Gasteiger partial charge in [0.1, 0.15) is 17.0 Å². The normalized spacial score (nSPS) is 57.5. The molecule has 17 heavy (non-hydrogen) atoms. The molecule has 0 aliphatic heterocycles. The van der Waals surface area contributed by atoms with Crippen LogP contribution in [-0.4, -0.2) is 17.0 Å². The Morgan fingerprint density at radius 2 is 0.941 bits per heavy atom. The van der Waals surface area contributed by atoms with Crippen molar-refractivity contribution in [2.45, 2.75) is 76.3 Å². The van der Waals surface area contributed by atoms with E-state index in [1.165, 1.54) is 0 Å². The summed E-state index contributed by atoms with van der Waals surface area (Å²) in [5.41, 5.74) is -5.55. The number of hydrogen-bond acceptors (Lipinski definition) is 0. The summed E-state index contributed by atoms with van der Waals surface area (Å²) < 4.78 is 44.0. The molecular weight excluding hydrogens is 225 g/mol. The minimum atomic E-state index is -1.61. The molecular formula is C14H21F3. The Morgan fingerprint density at radius 1 is 0.647 bits per heavy atom. The number of rotatable bonds is 0. The molecule has 0 spiro atoms. The number of alkyl halides is 3. The molecule has 0 N–H and O–H groups in total. The lowest BCUT2D eigenvalue weighted by molar-refractivity contribution is -0.242. The van der Waals surface area contributed by atoms with Gasteiger partial charge in [-0.2, -0.15) is 0 Å². The molecule has 4 fully saturated rings. The van der Waals surface area contributed by atoms with Crippen molar-refractivity contribution in [3.05, 3.63) is 0 Å². The molecule has 0 nitrogen and oxygen atoms in total. The van der Waals surface area contributed by atoms with E-state index in [0.29, 0.717) is 19.3 Å². The van der Waals surface area contributed by atoms with Crippen molar-refractivity contribution in [3.8, 4) is 0 Å². The highest BCUT2D eigenvalue weighted by atomic mass is 19.2. The van der Waals surface area contributed by atoms with Gasteiger partial charge in [0.05, 0.1) is 0 Å². The van der Waals surface area contributed by atoms with E-state index in [-0.39, 0.29) is 24.7 Å². The molecule has 0 unspecified atom stereocenters. The van der Waals surface area contributed by atoms with Crippen LogP contribution >= 0.6 is 0 Å². The molecule has 4 rings (SSSR count). The van der Waals surface area contributed by atoms with Gasteiger partial charge in [-0.05, 0) is 30.1 Å². The maximum atomic E-state index is 14.7. The molecule has 0 aromatic heterocycles. The van der Waals surface area contributed by atoms with Crippen LogP contribution < -0.4 is 0 Å². The smallest absolute Gasteiger partial charge is 0.117 e. The third-order valence-corrected chi connectivity index (χ3v) is 5.46. The molecule has 98 valence electrons. The molecule has 0 radical (unpaired) electrons. The van der Waals surface area contributed by atoms with Crippen molar-refractivity contribution in [2.24, 2.45) is 10.8 Å². The van der Waals surface area contributed by atoms with Crippen LogP contribution in [0.1, 0.15) is 59.3 Å². The van der Waals surface area contributed by atoms with Gasteiger partial charge in [-0.3, -0.25) is 0 Å². The topological polar surface area (TPSA) is 0 Å². The number of hydrogen-bond donors (Lipinski definition) is 0. The minimum absolute atomic E-state index is 0.0799. The molecule has 0 heterocycles. The molecule has 0 aromatic carbocycles. The Hall–Kier alpha value is -0.210. The molecule has 0 amide bonds. The van der Waals surface area contributed by atoms with Gasteiger partial charge in [0.25, 0.3) is 0 Å². The SMILES string of the molecule is CC(C)(C)C12CC3(F)CC(F)(CC(F)(C3)C1)C2. The second-order valence-electron chi connectivity index (χ2n) is 8.04. The van der Waals surface area contributed by atoms with Crippen molar-refractivity contribution in [2.75, 3.05) is 0 Å². The van der Waals surface area contributed by atoms with Crippen LogP contribution in [0.4, 0.5) is 13.2 Å². The zero-order valence-corrected chi connectivity index (χ0v) is 10.9. The Bertz CT molecular complexity index is 315. The fourth-order valence-corrected chi connectivity index (χ4v) is 5.07. The summed E-state index contributed by atoms with van der Waals surface area (Å²) in [6, 6.07) is 0. The first-order valence-electron chi connectivity index (χ1n) is 6.56. The molecule has 4 aliphatic carbocycles. The van der Waals surface area contributed by atoms with E-state index in [4.69, 9.17) is 0 Å². The second-order valence-corrected chi connectivity index (χ2v) is 8.04. The van der Waals surface area contributed by atoms with Gasteiger partial charge in [-0.15, -0.1) is 0 Å². The van der Waals surface area contributed by atoms with Crippen molar-refractivity contribution >= 4 is 0 Å². The van der Waals surface area contributed by atoms with Gasteiger partial charge in [-0.25, -0.2) is 13.2 Å². The lowest BCUT2D eigenvalue weighted by atomic mass is 9.41. The summed E-state index contributed by atoms with van der Waals surface area (Å²) >= 11 is 0. The first-order valence-corrected chi connectivity index (χ1v) is 6.56. The van der Waals surface area contributed by atoms with E-state index in [0.717, 1.165) is 0 Å². The van der Waals surface area contributed by atoms with Crippen molar-refractivity contribution < 1.29 is 13.2 Å². The van der Waals surface area contributed by atoms with Crippen LogP contribution in [0.2, 0.25) is 0 Å². The largest absolute Gasteiger partial charge is 0.244 e. The van der Waals surface area contributed by atoms with E-state index in [9.17, 15) is 13.2 Å². The Labute approximate surface area is 101 Å². The molecule has 0 atom stereocenters. The first kappa shape index (κ1) is 11.9. The average molecular weight is 246 g/mol. The predicted molar refractivity (Wildman–Crippen MR) is 61.1 cm³/mol. The van der Waals surface area contributed by atoms with E-state index in [2.05, 4.69) is 0 Å². The molecule has 0 saturated heterocycles. The van der Waals surface area contributed by atoms with Gasteiger partial charge in [-0.1, -0.05) is 20.8 Å². The third kappa shape index (κ3) is 1.50. The molecule has 3 heteroatoms. The fraction of sp³-hybridized carbons (Fsp3) is 1.00. The summed E-state index contributed by atoms with van der Waals surface area (Å²) in [7, 11) is 0. The Morgan fingerprint density at radius 3 is 1.18 bits per heavy atom. The standard InChI is InChI=1S/C14H21F3/c1-10(2,3)11-4-12(15)7-13(16,5-11)9-14(17,6-11)8-12/h4-9H2,1-3H3. The lowest BCUT2D eigenvalue weighted by Gasteiger charge is -2.66. The van der Waals surface area contributed by atoms with Gasteiger partial charge in [0.15, 0.2) is 0 Å². The number of halogens is 3. The van der Waals surface area contributed by atoms with Crippen LogP contribution in [-0.2, 0) is 0 Å². The predicted octanol–water partition coefficient (Wildman–Crippen LogP) is 4.53. The molecule has 4 aliphatic rings. The van der Waals surface area contributed by atoms with Crippen LogP contribution in [0.5, 0.6) is 0 Å². The fourth-order valence-electron chi connectivity index (χ4n) is 5.07. The van der Waals surface area contributed by atoms with Crippen LogP contribution in [0.25, 0.3) is 0 Å². The Kier molecular flexibility index (Phi) is 1.88. The van der Waals surface area contributed by atoms with Crippen molar-refractivity contribution in [3.63, 3.8) is 0 Å². The highest BCUT2D eigenvalue weighted by Crippen LogP contribution is 2.72. The van der Waals surface area contributed by atoms with Gasteiger partial charge in [0.2, 0.25) is 0 Å². The van der Waals surface area contributed by atoms with Gasteiger partial charge >= 0.3 is 0 Å². The van der Waals surface area contributed by atoms with Crippen molar-refractivity contribution in [1.82, 2.24) is 0 Å². The molecule has 4 bridgehead atoms. The summed E-state index contributed by atoms with van der Waals surface area (Å²) in [6.45, 7) is 5.99. The highest BCUT2D eigenvalue weighted by molar-refractivity contribution is 5.22. The van der Waals surface area contributed by atoms with Gasteiger partial charge < -0.3 is 0 Å². The van der Waals surface area contributed by atoms with Crippen LogP contribution in [0.15, 0.2) is 0 Å². The van der Waals surface area contributed by atoms with Gasteiger partial charge in [0, 0.05) is 19.3 Å². The zero-order valence-electron chi connectivity index (χ0n) is 10.9. The summed E-state index contributed by atoms with van der Waals surface area (Å²) in [5, 5.41) is 0. The first-order chi connectivity index (χ1) is 7.49. The third-order valence-electron chi connectivity index (χ3n) is 5.46. The van der Waals surface area contributed by atoms with Crippen LogP contribution in [0, 0.1) is 10.8 Å². The molecule has 0 aromatic rings. The summed E-state index contributed by atoms with van der Waals surface area (Å²) in [4.78, 5) is 0. The zero-order chi connectivity index (χ0) is 12.7. The van der Waals surface area contributed by atoms with E-state index in [1.54, 1.807) is 0 Å². The van der Waals surface area contributed by atoms with E-state index < -0.39 is 22.4 Å². The van der Waals surface area contributed by atoms with E-state index in [1.807, 2.05) is 20.8 Å².